The number of nitrogens with one attached hydrogen (secondary N) is 1. The number of benzene rings is 2. The fourth-order valence-corrected chi connectivity index (χ4v) is 3.32. The number of carbonyl (C=O) groups excluding carboxylic acids is 1. The molecule has 1 aliphatic heterocycles. The molecule has 0 bridgehead atoms. The number of hydrogen-bond donors (Lipinski definition) is 1. The van der Waals surface area contributed by atoms with Crippen molar-refractivity contribution in [1.82, 2.24) is 9.80 Å². The van der Waals surface area contributed by atoms with Crippen LogP contribution in [0.5, 0.6) is 0 Å². The third-order valence-electron chi connectivity index (χ3n) is 4.94. The van der Waals surface area contributed by atoms with Crippen LogP contribution in [0.3, 0.4) is 0 Å². The predicted octanol–water partition coefficient (Wildman–Crippen LogP) is 3.36. The Balaban J connectivity index is 1.48. The summed E-state index contributed by atoms with van der Waals surface area (Å²) >= 11 is 5.94. The summed E-state index contributed by atoms with van der Waals surface area (Å²) in [5, 5.41) is 12.5. The fourth-order valence-electron chi connectivity index (χ4n) is 3.20. The molecule has 0 spiro atoms. The first-order valence-corrected chi connectivity index (χ1v) is 9.45. The zero-order chi connectivity index (χ0) is 19.2. The molecule has 1 atom stereocenters. The van der Waals surface area contributed by atoms with Gasteiger partial charge in [-0.3, -0.25) is 14.6 Å². The summed E-state index contributed by atoms with van der Waals surface area (Å²) in [4.78, 5) is 17.1. The minimum atomic E-state index is -0.196. The van der Waals surface area contributed by atoms with Crippen molar-refractivity contribution in [3.05, 3.63) is 64.7 Å². The number of rotatable bonds is 5. The van der Waals surface area contributed by atoms with Crippen LogP contribution >= 0.6 is 11.6 Å². The monoisotopic (exact) mass is 382 g/mol. The zero-order valence-corrected chi connectivity index (χ0v) is 16.1. The molecule has 0 unspecified atom stereocenters. The molecule has 6 heteroatoms. The summed E-state index contributed by atoms with van der Waals surface area (Å²) in [6.07, 6.45) is 0. The van der Waals surface area contributed by atoms with Crippen molar-refractivity contribution in [2.45, 2.75) is 19.5 Å². The van der Waals surface area contributed by atoms with Crippen LogP contribution in [0.25, 0.3) is 0 Å². The van der Waals surface area contributed by atoms with Crippen molar-refractivity contribution in [1.29, 1.82) is 5.26 Å². The standard InChI is InChI=1S/C21H23ClN4O/c1-16(21(27)24-20-8-4-17(14-23)5-9-20)26-12-10-25(11-13-26)15-18-2-6-19(22)7-3-18/h2-9,16H,10-13,15H2,1H3,(H,24,27)/t16-/m0/s1. The summed E-state index contributed by atoms with van der Waals surface area (Å²) in [6.45, 7) is 6.41. The zero-order valence-electron chi connectivity index (χ0n) is 15.4. The molecule has 1 fully saturated rings. The summed E-state index contributed by atoms with van der Waals surface area (Å²) < 4.78 is 0. The third-order valence-corrected chi connectivity index (χ3v) is 5.19. The van der Waals surface area contributed by atoms with Crippen LogP contribution in [0, 0.1) is 11.3 Å². The van der Waals surface area contributed by atoms with E-state index in [0.717, 1.165) is 37.7 Å². The number of hydrogen-bond acceptors (Lipinski definition) is 4. The van der Waals surface area contributed by atoms with Crippen molar-refractivity contribution >= 4 is 23.2 Å². The Kier molecular flexibility index (Phi) is 6.46. The highest BCUT2D eigenvalue weighted by molar-refractivity contribution is 6.30. The summed E-state index contributed by atoms with van der Waals surface area (Å²) in [6, 6.07) is 16.8. The highest BCUT2D eigenvalue weighted by atomic mass is 35.5. The minimum Gasteiger partial charge on any atom is -0.325 e. The number of amides is 1. The number of anilines is 1. The topological polar surface area (TPSA) is 59.4 Å². The Hall–Kier alpha value is -2.39. The molecule has 5 nitrogen and oxygen atoms in total. The Morgan fingerprint density at radius 2 is 1.74 bits per heavy atom. The van der Waals surface area contributed by atoms with Gasteiger partial charge in [0.25, 0.3) is 0 Å². The second-order valence-electron chi connectivity index (χ2n) is 6.79. The van der Waals surface area contributed by atoms with Gasteiger partial charge in [-0.15, -0.1) is 0 Å². The Labute approximate surface area is 165 Å². The van der Waals surface area contributed by atoms with E-state index in [2.05, 4.69) is 33.3 Å². The van der Waals surface area contributed by atoms with Gasteiger partial charge in [0.2, 0.25) is 5.91 Å². The average Bonchev–Trinajstić information content (AvgIpc) is 2.70. The summed E-state index contributed by atoms with van der Waals surface area (Å²) in [7, 11) is 0. The lowest BCUT2D eigenvalue weighted by Crippen LogP contribution is -2.52. The van der Waals surface area contributed by atoms with Gasteiger partial charge in [0.15, 0.2) is 0 Å². The van der Waals surface area contributed by atoms with E-state index in [-0.39, 0.29) is 11.9 Å². The minimum absolute atomic E-state index is 0.0224. The van der Waals surface area contributed by atoms with E-state index < -0.39 is 0 Å². The Morgan fingerprint density at radius 3 is 2.33 bits per heavy atom. The van der Waals surface area contributed by atoms with E-state index in [1.165, 1.54) is 5.56 Å². The largest absolute Gasteiger partial charge is 0.325 e. The lowest BCUT2D eigenvalue weighted by molar-refractivity contribution is -0.121. The number of nitrogens with zero attached hydrogens (tertiary/aromatic N) is 3. The molecule has 27 heavy (non-hydrogen) atoms. The molecule has 0 radical (unpaired) electrons. The van der Waals surface area contributed by atoms with Gasteiger partial charge in [-0.05, 0) is 48.9 Å². The van der Waals surface area contributed by atoms with Crippen molar-refractivity contribution in [2.24, 2.45) is 0 Å². The SMILES string of the molecule is C[C@@H](C(=O)Nc1ccc(C#N)cc1)N1CCN(Cc2ccc(Cl)cc2)CC1. The number of carbonyl (C=O) groups is 1. The van der Waals surface area contributed by atoms with Crippen LogP contribution in [0.1, 0.15) is 18.1 Å². The molecule has 0 aromatic heterocycles. The van der Waals surface area contributed by atoms with Crippen molar-refractivity contribution < 1.29 is 4.79 Å². The van der Waals surface area contributed by atoms with E-state index in [0.29, 0.717) is 11.3 Å². The van der Waals surface area contributed by atoms with E-state index in [9.17, 15) is 4.79 Å². The van der Waals surface area contributed by atoms with E-state index in [1.807, 2.05) is 19.1 Å². The number of piperazine rings is 1. The van der Waals surface area contributed by atoms with E-state index in [4.69, 9.17) is 16.9 Å². The van der Waals surface area contributed by atoms with Crippen LogP contribution < -0.4 is 5.32 Å². The number of halogens is 1. The second-order valence-corrected chi connectivity index (χ2v) is 7.23. The van der Waals surface area contributed by atoms with Crippen molar-refractivity contribution in [3.8, 4) is 6.07 Å². The molecule has 1 aliphatic rings. The second kappa shape index (κ2) is 9.01. The van der Waals surface area contributed by atoms with Gasteiger partial charge in [-0.25, -0.2) is 0 Å². The number of nitriles is 1. The first-order valence-electron chi connectivity index (χ1n) is 9.07. The first kappa shape index (κ1) is 19.4. The molecule has 3 rings (SSSR count). The van der Waals surface area contributed by atoms with Gasteiger partial charge in [0.05, 0.1) is 17.7 Å². The molecular weight excluding hydrogens is 360 g/mol. The van der Waals surface area contributed by atoms with Crippen LogP contribution in [0.4, 0.5) is 5.69 Å². The maximum atomic E-state index is 12.5. The Bertz CT molecular complexity index is 806. The molecule has 1 heterocycles. The highest BCUT2D eigenvalue weighted by Gasteiger charge is 2.25. The lowest BCUT2D eigenvalue weighted by Gasteiger charge is -2.37. The van der Waals surface area contributed by atoms with Crippen LogP contribution in [0.2, 0.25) is 5.02 Å². The Morgan fingerprint density at radius 1 is 1.11 bits per heavy atom. The molecule has 2 aromatic carbocycles. The third kappa shape index (κ3) is 5.30. The smallest absolute Gasteiger partial charge is 0.241 e. The van der Waals surface area contributed by atoms with Gasteiger partial charge >= 0.3 is 0 Å². The van der Waals surface area contributed by atoms with Crippen LogP contribution in [-0.2, 0) is 11.3 Å². The maximum Gasteiger partial charge on any atom is 0.241 e. The van der Waals surface area contributed by atoms with Gasteiger partial charge in [0, 0.05) is 43.4 Å². The van der Waals surface area contributed by atoms with Gasteiger partial charge in [-0.2, -0.15) is 5.26 Å². The maximum absolute atomic E-state index is 12.5. The van der Waals surface area contributed by atoms with Crippen molar-refractivity contribution in [2.75, 3.05) is 31.5 Å². The molecule has 140 valence electrons. The fraction of sp³-hybridized carbons (Fsp3) is 0.333. The van der Waals surface area contributed by atoms with Gasteiger partial charge in [0.1, 0.15) is 0 Å². The average molecular weight is 383 g/mol. The van der Waals surface area contributed by atoms with E-state index in [1.54, 1.807) is 24.3 Å². The molecule has 1 saturated heterocycles. The molecule has 1 N–H and O–H groups in total. The molecule has 0 saturated carbocycles. The molecule has 2 aromatic rings. The van der Waals surface area contributed by atoms with Gasteiger partial charge in [-0.1, -0.05) is 23.7 Å². The summed E-state index contributed by atoms with van der Waals surface area (Å²) in [5.74, 6) is -0.0224. The van der Waals surface area contributed by atoms with E-state index >= 15 is 0 Å². The molecule has 0 aliphatic carbocycles. The normalized spacial score (nSPS) is 16.5. The highest BCUT2D eigenvalue weighted by Crippen LogP contribution is 2.15. The predicted molar refractivity (Wildman–Crippen MR) is 108 cm³/mol. The molecular formula is C21H23ClN4O. The molecule has 1 amide bonds. The van der Waals surface area contributed by atoms with Crippen molar-refractivity contribution in [3.63, 3.8) is 0 Å². The van der Waals surface area contributed by atoms with Crippen LogP contribution in [-0.4, -0.2) is 47.9 Å². The van der Waals surface area contributed by atoms with Crippen LogP contribution in [0.15, 0.2) is 48.5 Å². The van der Waals surface area contributed by atoms with Gasteiger partial charge < -0.3 is 5.32 Å². The quantitative estimate of drug-likeness (QED) is 0.861. The first-order chi connectivity index (χ1) is 13.0. The lowest BCUT2D eigenvalue weighted by atomic mass is 10.1. The summed E-state index contributed by atoms with van der Waals surface area (Å²) in [5.41, 5.74) is 2.55.